The van der Waals surface area contributed by atoms with Gasteiger partial charge in [0.15, 0.2) is 11.5 Å². The summed E-state index contributed by atoms with van der Waals surface area (Å²) >= 11 is 0. The van der Waals surface area contributed by atoms with Gasteiger partial charge in [-0.25, -0.2) is 0 Å². The number of amides is 1. The number of alkyl halides is 3. The van der Waals surface area contributed by atoms with Gasteiger partial charge in [-0.1, -0.05) is 42.5 Å². The first-order valence-corrected chi connectivity index (χ1v) is 8.82. The van der Waals surface area contributed by atoms with Crippen molar-refractivity contribution in [3.8, 4) is 5.75 Å². The zero-order valence-corrected chi connectivity index (χ0v) is 15.4. The fraction of sp³-hybridized carbons (Fsp3) is 0.238. The molecular formula is C21H18F3NO4. The third kappa shape index (κ3) is 4.59. The van der Waals surface area contributed by atoms with Crippen molar-refractivity contribution < 1.29 is 32.6 Å². The number of nitrogens with zero attached hydrogens (tertiary/aromatic N) is 1. The van der Waals surface area contributed by atoms with Crippen LogP contribution in [-0.4, -0.2) is 34.6 Å². The van der Waals surface area contributed by atoms with Crippen molar-refractivity contribution in [1.29, 1.82) is 0 Å². The molecule has 1 atom stereocenters. The van der Waals surface area contributed by atoms with E-state index in [0.29, 0.717) is 12.0 Å². The maximum absolute atomic E-state index is 12.6. The second-order valence-corrected chi connectivity index (χ2v) is 6.57. The number of Topliss-reactive ketones (excluding diaryl/α,β-unsaturated/α-hetero) is 1. The molecule has 0 aromatic heterocycles. The molecule has 1 N–H and O–H groups in total. The first-order chi connectivity index (χ1) is 13.7. The maximum Gasteiger partial charge on any atom is 0.573 e. The molecule has 0 bridgehead atoms. The van der Waals surface area contributed by atoms with E-state index in [1.54, 1.807) is 0 Å². The zero-order valence-electron chi connectivity index (χ0n) is 15.4. The van der Waals surface area contributed by atoms with Crippen molar-refractivity contribution in [1.82, 2.24) is 4.90 Å². The van der Waals surface area contributed by atoms with E-state index < -0.39 is 35.6 Å². The lowest BCUT2D eigenvalue weighted by atomic mass is 9.96. The standard InChI is InChI=1S/C21H18F3NO4/c1-13(26)17-18(15-7-9-16(10-8-15)29-21(22,23)24)25(20(28)19(17)27)12-11-14-5-3-2-4-6-14/h2-10,18,27H,11-12H2,1H3. The highest BCUT2D eigenvalue weighted by atomic mass is 19.4. The number of ether oxygens (including phenoxy) is 1. The van der Waals surface area contributed by atoms with Gasteiger partial charge in [0, 0.05) is 6.54 Å². The van der Waals surface area contributed by atoms with Gasteiger partial charge in [0.25, 0.3) is 5.91 Å². The van der Waals surface area contributed by atoms with Crippen LogP contribution in [0.25, 0.3) is 0 Å². The van der Waals surface area contributed by atoms with E-state index in [-0.39, 0.29) is 12.1 Å². The van der Waals surface area contributed by atoms with Crippen LogP contribution < -0.4 is 4.74 Å². The molecule has 0 fully saturated rings. The average Bonchev–Trinajstić information content (AvgIpc) is 2.91. The van der Waals surface area contributed by atoms with Gasteiger partial charge in [0.2, 0.25) is 0 Å². The van der Waals surface area contributed by atoms with E-state index in [1.165, 1.54) is 24.0 Å². The molecule has 0 radical (unpaired) electrons. The fourth-order valence-corrected chi connectivity index (χ4v) is 3.34. The summed E-state index contributed by atoms with van der Waals surface area (Å²) in [5.74, 6) is -2.23. The lowest BCUT2D eigenvalue weighted by Crippen LogP contribution is -2.32. The topological polar surface area (TPSA) is 66.8 Å². The Labute approximate surface area is 165 Å². The first kappa shape index (κ1) is 20.4. The molecule has 3 rings (SSSR count). The van der Waals surface area contributed by atoms with Crippen molar-refractivity contribution in [2.75, 3.05) is 6.54 Å². The first-order valence-electron chi connectivity index (χ1n) is 8.82. The molecule has 1 aliphatic rings. The smallest absolute Gasteiger partial charge is 0.503 e. The Morgan fingerprint density at radius 1 is 1.10 bits per heavy atom. The van der Waals surface area contributed by atoms with E-state index in [2.05, 4.69) is 4.74 Å². The molecule has 0 spiro atoms. The second-order valence-electron chi connectivity index (χ2n) is 6.57. The minimum Gasteiger partial charge on any atom is -0.503 e. The lowest BCUT2D eigenvalue weighted by Gasteiger charge is -2.27. The number of carbonyl (C=O) groups is 2. The van der Waals surface area contributed by atoms with Gasteiger partial charge < -0.3 is 14.7 Å². The minimum atomic E-state index is -4.82. The predicted octanol–water partition coefficient (Wildman–Crippen LogP) is 4.11. The van der Waals surface area contributed by atoms with Crippen LogP contribution in [0.4, 0.5) is 13.2 Å². The molecule has 1 amide bonds. The molecule has 152 valence electrons. The highest BCUT2D eigenvalue weighted by Gasteiger charge is 2.42. The average molecular weight is 405 g/mol. The summed E-state index contributed by atoms with van der Waals surface area (Å²) in [4.78, 5) is 26.0. The number of hydrogen-bond donors (Lipinski definition) is 1. The van der Waals surface area contributed by atoms with Crippen LogP contribution in [0.1, 0.15) is 24.1 Å². The van der Waals surface area contributed by atoms with Gasteiger partial charge in [-0.2, -0.15) is 0 Å². The summed E-state index contributed by atoms with van der Waals surface area (Å²) in [7, 11) is 0. The molecule has 8 heteroatoms. The monoisotopic (exact) mass is 405 g/mol. The molecule has 0 aliphatic carbocycles. The highest BCUT2D eigenvalue weighted by molar-refractivity contribution is 6.08. The Morgan fingerprint density at radius 2 is 1.72 bits per heavy atom. The van der Waals surface area contributed by atoms with E-state index in [1.807, 2.05) is 30.3 Å². The lowest BCUT2D eigenvalue weighted by molar-refractivity contribution is -0.274. The molecular weight excluding hydrogens is 387 g/mol. The number of ketones is 1. The summed E-state index contributed by atoms with van der Waals surface area (Å²) in [5, 5.41) is 10.2. The van der Waals surface area contributed by atoms with E-state index in [4.69, 9.17) is 0 Å². The largest absolute Gasteiger partial charge is 0.573 e. The van der Waals surface area contributed by atoms with Crippen molar-refractivity contribution in [2.45, 2.75) is 25.7 Å². The molecule has 2 aromatic carbocycles. The normalized spacial score (nSPS) is 17.0. The van der Waals surface area contributed by atoms with E-state index >= 15 is 0 Å². The van der Waals surface area contributed by atoms with Crippen molar-refractivity contribution in [3.63, 3.8) is 0 Å². The van der Waals surface area contributed by atoms with Crippen LogP contribution in [0, 0.1) is 0 Å². The van der Waals surface area contributed by atoms with Crippen LogP contribution in [-0.2, 0) is 16.0 Å². The minimum absolute atomic E-state index is 0.0763. The van der Waals surface area contributed by atoms with Crippen molar-refractivity contribution in [3.05, 3.63) is 77.1 Å². The molecule has 1 aliphatic heterocycles. The highest BCUT2D eigenvalue weighted by Crippen LogP contribution is 2.38. The Bertz CT molecular complexity index is 937. The number of halogens is 3. The summed E-state index contributed by atoms with van der Waals surface area (Å²) in [6, 6.07) is 13.4. The molecule has 0 saturated heterocycles. The SMILES string of the molecule is CC(=O)C1=C(O)C(=O)N(CCc2ccccc2)C1c1ccc(OC(F)(F)F)cc1. The van der Waals surface area contributed by atoms with Gasteiger partial charge in [-0.3, -0.25) is 9.59 Å². The van der Waals surface area contributed by atoms with Crippen molar-refractivity contribution >= 4 is 11.7 Å². The number of rotatable bonds is 6. The van der Waals surface area contributed by atoms with Crippen LogP contribution in [0.3, 0.4) is 0 Å². The summed E-state index contributed by atoms with van der Waals surface area (Å²) in [6.45, 7) is 1.45. The van der Waals surface area contributed by atoms with Gasteiger partial charge in [-0.05, 0) is 36.6 Å². The van der Waals surface area contributed by atoms with Gasteiger partial charge >= 0.3 is 6.36 Å². The number of aliphatic hydroxyl groups excluding tert-OH is 1. The van der Waals surface area contributed by atoms with Gasteiger partial charge in [0.1, 0.15) is 5.75 Å². The number of aliphatic hydroxyl groups is 1. The maximum atomic E-state index is 12.6. The van der Waals surface area contributed by atoms with Crippen LogP contribution >= 0.6 is 0 Å². The number of carbonyl (C=O) groups excluding carboxylic acids is 2. The quantitative estimate of drug-likeness (QED) is 0.786. The van der Waals surface area contributed by atoms with Gasteiger partial charge in [0.05, 0.1) is 11.6 Å². The third-order valence-corrected chi connectivity index (χ3v) is 4.60. The Hall–Kier alpha value is -3.29. The molecule has 2 aromatic rings. The molecule has 1 unspecified atom stereocenters. The summed E-state index contributed by atoms with van der Waals surface area (Å²) < 4.78 is 41.0. The van der Waals surface area contributed by atoms with Crippen LogP contribution in [0.5, 0.6) is 5.75 Å². The molecule has 0 saturated carbocycles. The second kappa shape index (κ2) is 7.98. The predicted molar refractivity (Wildman–Crippen MR) is 98.1 cm³/mol. The summed E-state index contributed by atoms with van der Waals surface area (Å²) in [5.41, 5.74) is 1.28. The van der Waals surface area contributed by atoms with E-state index in [0.717, 1.165) is 17.7 Å². The van der Waals surface area contributed by atoms with Crippen LogP contribution in [0.2, 0.25) is 0 Å². The number of benzene rings is 2. The number of hydrogen-bond acceptors (Lipinski definition) is 4. The Balaban J connectivity index is 1.90. The van der Waals surface area contributed by atoms with Gasteiger partial charge in [-0.15, -0.1) is 13.2 Å². The molecule has 29 heavy (non-hydrogen) atoms. The van der Waals surface area contributed by atoms with E-state index in [9.17, 15) is 27.9 Å². The Kier molecular flexibility index (Phi) is 5.63. The fourth-order valence-electron chi connectivity index (χ4n) is 3.34. The summed E-state index contributed by atoms with van der Waals surface area (Å²) in [6.07, 6.45) is -4.34. The molecule has 1 heterocycles. The third-order valence-electron chi connectivity index (χ3n) is 4.60. The Morgan fingerprint density at radius 3 is 2.28 bits per heavy atom. The van der Waals surface area contributed by atoms with Crippen LogP contribution in [0.15, 0.2) is 65.9 Å². The zero-order chi connectivity index (χ0) is 21.2. The molecule has 5 nitrogen and oxygen atoms in total. The van der Waals surface area contributed by atoms with Crippen molar-refractivity contribution in [2.24, 2.45) is 0 Å².